The quantitative estimate of drug-likeness (QED) is 0.669. The minimum atomic E-state index is 0.247. The fourth-order valence-electron chi connectivity index (χ4n) is 3.38. The van der Waals surface area contributed by atoms with Gasteiger partial charge in [0.1, 0.15) is 0 Å². The Kier molecular flexibility index (Phi) is 1.81. The Morgan fingerprint density at radius 3 is 2.31 bits per heavy atom. The second-order valence-electron chi connectivity index (χ2n) is 5.46. The summed E-state index contributed by atoms with van der Waals surface area (Å²) >= 11 is 0. The van der Waals surface area contributed by atoms with E-state index in [0.29, 0.717) is 23.5 Å². The van der Waals surface area contributed by atoms with E-state index in [1.807, 2.05) is 0 Å². The van der Waals surface area contributed by atoms with Gasteiger partial charge in [-0.2, -0.15) is 0 Å². The summed E-state index contributed by atoms with van der Waals surface area (Å²) in [6.45, 7) is 12.3. The molecule has 76 valence electrons. The summed E-state index contributed by atoms with van der Waals surface area (Å²) in [6, 6.07) is 0.572. The monoisotopic (exact) mass is 183 g/mol. The number of rotatable bonds is 1. The van der Waals surface area contributed by atoms with Gasteiger partial charge in [-0.05, 0) is 26.7 Å². The summed E-state index contributed by atoms with van der Waals surface area (Å²) < 4.78 is 5.78. The molecule has 2 saturated heterocycles. The van der Waals surface area contributed by atoms with Crippen LogP contribution < -0.4 is 5.32 Å². The zero-order valence-corrected chi connectivity index (χ0v) is 9.35. The molecule has 2 rings (SSSR count). The molecule has 2 aliphatic heterocycles. The number of ether oxygens (including phenoxy) is 1. The number of hydrogen-bond acceptors (Lipinski definition) is 2. The molecule has 0 radical (unpaired) electrons. The standard InChI is InChI=1S/C11H21NO/c1-7(2)11-6-13-8(3)9(11)12-10(11,4)5/h7-9,12H,6H2,1-5H3/t8-,9+,11?/m0/s1. The van der Waals surface area contributed by atoms with Crippen molar-refractivity contribution in [2.24, 2.45) is 11.3 Å². The van der Waals surface area contributed by atoms with Crippen molar-refractivity contribution < 1.29 is 4.74 Å². The van der Waals surface area contributed by atoms with Crippen molar-refractivity contribution in [3.05, 3.63) is 0 Å². The number of hydrogen-bond donors (Lipinski definition) is 1. The normalized spacial score (nSPS) is 47.5. The fourth-order valence-corrected chi connectivity index (χ4v) is 3.38. The van der Waals surface area contributed by atoms with Crippen molar-refractivity contribution in [2.45, 2.75) is 52.3 Å². The maximum absolute atomic E-state index is 5.78. The van der Waals surface area contributed by atoms with Gasteiger partial charge in [0.25, 0.3) is 0 Å². The van der Waals surface area contributed by atoms with Crippen molar-refractivity contribution in [1.82, 2.24) is 5.32 Å². The summed E-state index contributed by atoms with van der Waals surface area (Å²) in [7, 11) is 0. The van der Waals surface area contributed by atoms with Gasteiger partial charge in [0.15, 0.2) is 0 Å². The van der Waals surface area contributed by atoms with Crippen LogP contribution in [-0.2, 0) is 4.74 Å². The van der Waals surface area contributed by atoms with Crippen LogP contribution in [0.3, 0.4) is 0 Å². The molecular formula is C11H21NO. The third-order valence-corrected chi connectivity index (χ3v) is 4.32. The van der Waals surface area contributed by atoms with Crippen molar-refractivity contribution in [2.75, 3.05) is 6.61 Å². The van der Waals surface area contributed by atoms with Crippen molar-refractivity contribution >= 4 is 0 Å². The van der Waals surface area contributed by atoms with Crippen LogP contribution in [0, 0.1) is 11.3 Å². The molecule has 2 aliphatic rings. The Balaban J connectivity index is 2.31. The van der Waals surface area contributed by atoms with Gasteiger partial charge in [-0.25, -0.2) is 0 Å². The first-order valence-corrected chi connectivity index (χ1v) is 5.31. The first-order chi connectivity index (χ1) is 5.92. The number of nitrogens with one attached hydrogen (secondary N) is 1. The average Bonchev–Trinajstić information content (AvgIpc) is 2.25. The Morgan fingerprint density at radius 1 is 1.38 bits per heavy atom. The Hall–Kier alpha value is -0.0800. The largest absolute Gasteiger partial charge is 0.376 e. The predicted molar refractivity (Wildman–Crippen MR) is 53.7 cm³/mol. The highest BCUT2D eigenvalue weighted by molar-refractivity contribution is 5.21. The molecule has 13 heavy (non-hydrogen) atoms. The van der Waals surface area contributed by atoms with E-state index in [2.05, 4.69) is 39.9 Å². The van der Waals surface area contributed by atoms with Gasteiger partial charge < -0.3 is 10.1 Å². The van der Waals surface area contributed by atoms with Crippen LogP contribution in [0.4, 0.5) is 0 Å². The molecule has 3 atom stereocenters. The van der Waals surface area contributed by atoms with Gasteiger partial charge in [-0.1, -0.05) is 13.8 Å². The maximum Gasteiger partial charge on any atom is 0.0707 e. The van der Waals surface area contributed by atoms with Gasteiger partial charge in [0, 0.05) is 17.0 Å². The Morgan fingerprint density at radius 2 is 2.00 bits per heavy atom. The molecular weight excluding hydrogens is 162 g/mol. The molecule has 0 spiro atoms. The van der Waals surface area contributed by atoms with E-state index in [1.54, 1.807) is 0 Å². The van der Waals surface area contributed by atoms with Crippen LogP contribution >= 0.6 is 0 Å². The van der Waals surface area contributed by atoms with Gasteiger partial charge in [0.05, 0.1) is 12.7 Å². The predicted octanol–water partition coefficient (Wildman–Crippen LogP) is 1.80. The zero-order valence-electron chi connectivity index (χ0n) is 9.35. The highest BCUT2D eigenvalue weighted by Gasteiger charge is 2.66. The van der Waals surface area contributed by atoms with Crippen molar-refractivity contribution in [3.63, 3.8) is 0 Å². The highest BCUT2D eigenvalue weighted by Crippen LogP contribution is 2.54. The van der Waals surface area contributed by atoms with E-state index in [1.165, 1.54) is 0 Å². The van der Waals surface area contributed by atoms with Crippen LogP contribution in [0.15, 0.2) is 0 Å². The van der Waals surface area contributed by atoms with Crippen LogP contribution in [0.25, 0.3) is 0 Å². The second-order valence-corrected chi connectivity index (χ2v) is 5.46. The van der Waals surface area contributed by atoms with Crippen LogP contribution in [0.2, 0.25) is 0 Å². The molecule has 0 saturated carbocycles. The van der Waals surface area contributed by atoms with E-state index in [-0.39, 0.29) is 5.54 Å². The van der Waals surface area contributed by atoms with Crippen molar-refractivity contribution in [3.8, 4) is 0 Å². The lowest BCUT2D eigenvalue weighted by atomic mass is 9.54. The third kappa shape index (κ3) is 0.909. The molecule has 2 fully saturated rings. The molecule has 0 aliphatic carbocycles. The SMILES string of the molecule is CC(C)C12CO[C@@H](C)[C@H]1NC2(C)C. The first-order valence-electron chi connectivity index (χ1n) is 5.31. The molecule has 1 unspecified atom stereocenters. The molecule has 2 heterocycles. The summed E-state index contributed by atoms with van der Waals surface area (Å²) in [5, 5.41) is 3.63. The lowest BCUT2D eigenvalue weighted by Crippen LogP contribution is -2.78. The average molecular weight is 183 g/mol. The molecule has 1 N–H and O–H groups in total. The molecule has 0 aromatic carbocycles. The minimum Gasteiger partial charge on any atom is -0.376 e. The van der Waals surface area contributed by atoms with E-state index >= 15 is 0 Å². The zero-order chi connectivity index (χ0) is 9.85. The lowest BCUT2D eigenvalue weighted by molar-refractivity contribution is -0.0637. The summed E-state index contributed by atoms with van der Waals surface area (Å²) in [6.07, 6.45) is 0.385. The molecule has 0 aromatic heterocycles. The van der Waals surface area contributed by atoms with E-state index < -0.39 is 0 Å². The second kappa shape index (κ2) is 2.48. The van der Waals surface area contributed by atoms with Crippen LogP contribution in [0.5, 0.6) is 0 Å². The molecule has 2 nitrogen and oxygen atoms in total. The molecule has 2 heteroatoms. The molecule has 0 amide bonds. The van der Waals surface area contributed by atoms with E-state index in [0.717, 1.165) is 6.61 Å². The lowest BCUT2D eigenvalue weighted by Gasteiger charge is -2.62. The van der Waals surface area contributed by atoms with Crippen molar-refractivity contribution in [1.29, 1.82) is 0 Å². The van der Waals surface area contributed by atoms with Gasteiger partial charge in [0.2, 0.25) is 0 Å². The summed E-state index contributed by atoms with van der Waals surface area (Å²) in [4.78, 5) is 0. The van der Waals surface area contributed by atoms with Crippen LogP contribution in [0.1, 0.15) is 34.6 Å². The topological polar surface area (TPSA) is 21.3 Å². The maximum atomic E-state index is 5.78. The van der Waals surface area contributed by atoms with Gasteiger partial charge in [-0.15, -0.1) is 0 Å². The number of fused-ring (bicyclic) bond motifs is 1. The summed E-state index contributed by atoms with van der Waals surface area (Å²) in [5.74, 6) is 0.693. The van der Waals surface area contributed by atoms with Gasteiger partial charge >= 0.3 is 0 Å². The molecule has 0 aromatic rings. The van der Waals surface area contributed by atoms with E-state index in [9.17, 15) is 0 Å². The van der Waals surface area contributed by atoms with Gasteiger partial charge in [-0.3, -0.25) is 0 Å². The third-order valence-electron chi connectivity index (χ3n) is 4.32. The Bertz CT molecular complexity index is 224. The minimum absolute atomic E-state index is 0.247. The molecule has 0 bridgehead atoms. The fraction of sp³-hybridized carbons (Fsp3) is 1.00. The first kappa shape index (κ1) is 9.47. The van der Waals surface area contributed by atoms with Crippen LogP contribution in [-0.4, -0.2) is 24.3 Å². The smallest absolute Gasteiger partial charge is 0.0707 e. The highest BCUT2D eigenvalue weighted by atomic mass is 16.5. The Labute approximate surface area is 81.0 Å². The van der Waals surface area contributed by atoms with E-state index in [4.69, 9.17) is 4.74 Å². The summed E-state index contributed by atoms with van der Waals surface area (Å²) in [5.41, 5.74) is 0.614.